The normalized spacial score (nSPS) is 11.5. The predicted octanol–water partition coefficient (Wildman–Crippen LogP) is 3.78. The second kappa shape index (κ2) is 6.54. The van der Waals surface area contributed by atoms with E-state index in [2.05, 4.69) is 15.4 Å². The van der Waals surface area contributed by atoms with E-state index in [0.717, 1.165) is 23.1 Å². The SMILES string of the molecule is CCn1c(NCc2cnn(CC(F)F)c2)nc2cc(Cl)ccc21. The van der Waals surface area contributed by atoms with Crippen LogP contribution in [0, 0.1) is 0 Å². The molecule has 0 aliphatic heterocycles. The number of anilines is 1. The van der Waals surface area contributed by atoms with Crippen LogP contribution in [0.4, 0.5) is 14.7 Å². The van der Waals surface area contributed by atoms with Crippen molar-refractivity contribution >= 4 is 28.6 Å². The smallest absolute Gasteiger partial charge is 0.257 e. The van der Waals surface area contributed by atoms with E-state index < -0.39 is 13.0 Å². The highest BCUT2D eigenvalue weighted by Crippen LogP contribution is 2.23. The van der Waals surface area contributed by atoms with Gasteiger partial charge in [-0.2, -0.15) is 5.10 Å². The van der Waals surface area contributed by atoms with Crippen molar-refractivity contribution in [2.24, 2.45) is 0 Å². The topological polar surface area (TPSA) is 47.7 Å². The van der Waals surface area contributed by atoms with Crippen molar-refractivity contribution in [2.45, 2.75) is 33.0 Å². The first-order valence-electron chi connectivity index (χ1n) is 7.26. The Balaban J connectivity index is 1.77. The molecule has 0 fully saturated rings. The van der Waals surface area contributed by atoms with Crippen molar-refractivity contribution in [1.29, 1.82) is 0 Å². The average Bonchev–Trinajstić information content (AvgIpc) is 3.07. The van der Waals surface area contributed by atoms with Gasteiger partial charge in [-0.3, -0.25) is 4.68 Å². The summed E-state index contributed by atoms with van der Waals surface area (Å²) < 4.78 is 27.9. The summed E-state index contributed by atoms with van der Waals surface area (Å²) in [5.74, 6) is 0.714. The lowest BCUT2D eigenvalue weighted by molar-refractivity contribution is 0.122. The zero-order valence-electron chi connectivity index (χ0n) is 12.5. The van der Waals surface area contributed by atoms with Gasteiger partial charge >= 0.3 is 0 Å². The largest absolute Gasteiger partial charge is 0.351 e. The highest BCUT2D eigenvalue weighted by atomic mass is 35.5. The van der Waals surface area contributed by atoms with Gasteiger partial charge in [0, 0.05) is 29.9 Å². The average molecular weight is 340 g/mol. The number of rotatable bonds is 6. The Hall–Kier alpha value is -2.15. The molecule has 122 valence electrons. The molecule has 3 rings (SSSR count). The van der Waals surface area contributed by atoms with Crippen LogP contribution in [0.2, 0.25) is 5.02 Å². The second-order valence-electron chi connectivity index (χ2n) is 5.13. The van der Waals surface area contributed by atoms with Crippen molar-refractivity contribution in [3.05, 3.63) is 41.2 Å². The second-order valence-corrected chi connectivity index (χ2v) is 5.56. The van der Waals surface area contributed by atoms with Gasteiger partial charge in [0.25, 0.3) is 6.43 Å². The minimum atomic E-state index is -2.41. The van der Waals surface area contributed by atoms with Gasteiger partial charge in [0.05, 0.1) is 17.2 Å². The summed E-state index contributed by atoms with van der Waals surface area (Å²) in [5.41, 5.74) is 2.63. The first kappa shape index (κ1) is 15.7. The fourth-order valence-corrected chi connectivity index (χ4v) is 2.64. The lowest BCUT2D eigenvalue weighted by Crippen LogP contribution is -2.07. The van der Waals surface area contributed by atoms with Crippen molar-refractivity contribution in [2.75, 3.05) is 5.32 Å². The van der Waals surface area contributed by atoms with Crippen molar-refractivity contribution in [1.82, 2.24) is 19.3 Å². The van der Waals surface area contributed by atoms with E-state index in [0.29, 0.717) is 17.5 Å². The molecule has 0 unspecified atom stereocenters. The quantitative estimate of drug-likeness (QED) is 0.743. The fourth-order valence-electron chi connectivity index (χ4n) is 2.48. The molecule has 0 aliphatic carbocycles. The van der Waals surface area contributed by atoms with Gasteiger partial charge in [-0.05, 0) is 25.1 Å². The fraction of sp³-hybridized carbons (Fsp3) is 0.333. The zero-order valence-corrected chi connectivity index (χ0v) is 13.3. The summed E-state index contributed by atoms with van der Waals surface area (Å²) in [4.78, 5) is 4.53. The van der Waals surface area contributed by atoms with Gasteiger partial charge in [-0.1, -0.05) is 11.6 Å². The van der Waals surface area contributed by atoms with Crippen LogP contribution in [0.1, 0.15) is 12.5 Å². The maximum absolute atomic E-state index is 12.3. The van der Waals surface area contributed by atoms with Crippen LogP contribution in [0.5, 0.6) is 0 Å². The number of nitrogens with one attached hydrogen (secondary N) is 1. The first-order chi connectivity index (χ1) is 11.1. The molecule has 3 aromatic rings. The molecule has 0 saturated heterocycles. The van der Waals surface area contributed by atoms with Crippen LogP contribution in [0.3, 0.4) is 0 Å². The highest BCUT2D eigenvalue weighted by molar-refractivity contribution is 6.31. The van der Waals surface area contributed by atoms with Crippen LogP contribution >= 0.6 is 11.6 Å². The molecule has 8 heteroatoms. The summed E-state index contributed by atoms with van der Waals surface area (Å²) >= 11 is 6.00. The van der Waals surface area contributed by atoms with Crippen LogP contribution < -0.4 is 5.32 Å². The third-order valence-electron chi connectivity index (χ3n) is 3.49. The van der Waals surface area contributed by atoms with Crippen molar-refractivity contribution in [3.8, 4) is 0 Å². The monoisotopic (exact) mass is 339 g/mol. The van der Waals surface area contributed by atoms with E-state index in [1.165, 1.54) is 4.68 Å². The lowest BCUT2D eigenvalue weighted by atomic mass is 10.3. The van der Waals surface area contributed by atoms with E-state index in [4.69, 9.17) is 11.6 Å². The molecule has 23 heavy (non-hydrogen) atoms. The number of benzene rings is 1. The Morgan fingerprint density at radius 1 is 1.35 bits per heavy atom. The number of hydrogen-bond acceptors (Lipinski definition) is 3. The molecule has 0 spiro atoms. The van der Waals surface area contributed by atoms with Gasteiger partial charge in [-0.25, -0.2) is 13.8 Å². The standard InChI is InChI=1S/C15H16ClF2N5/c1-2-23-13-4-3-11(16)5-12(13)21-15(23)19-6-10-7-20-22(8-10)9-14(17)18/h3-5,7-8,14H,2,6,9H2,1H3,(H,19,21). The van der Waals surface area contributed by atoms with Crippen LogP contribution in [0.25, 0.3) is 11.0 Å². The minimum absolute atomic E-state index is 0.397. The molecule has 2 heterocycles. The van der Waals surface area contributed by atoms with Crippen LogP contribution in [0.15, 0.2) is 30.6 Å². The first-order valence-corrected chi connectivity index (χ1v) is 7.63. The van der Waals surface area contributed by atoms with Gasteiger partial charge in [0.15, 0.2) is 0 Å². The number of aromatic nitrogens is 4. The van der Waals surface area contributed by atoms with Gasteiger partial charge in [0.1, 0.15) is 6.54 Å². The molecule has 0 atom stereocenters. The molecular weight excluding hydrogens is 324 g/mol. The molecule has 0 amide bonds. The Morgan fingerprint density at radius 2 is 2.17 bits per heavy atom. The number of halogens is 3. The van der Waals surface area contributed by atoms with E-state index >= 15 is 0 Å². The molecule has 2 aromatic heterocycles. The van der Waals surface area contributed by atoms with Crippen LogP contribution in [-0.4, -0.2) is 25.8 Å². The summed E-state index contributed by atoms with van der Waals surface area (Å²) in [6.07, 6.45) is 0.768. The van der Waals surface area contributed by atoms with Gasteiger partial charge < -0.3 is 9.88 Å². The summed E-state index contributed by atoms with van der Waals surface area (Å²) in [5, 5.41) is 7.78. The molecule has 5 nitrogen and oxygen atoms in total. The number of hydrogen-bond donors (Lipinski definition) is 1. The third-order valence-corrected chi connectivity index (χ3v) is 3.72. The highest BCUT2D eigenvalue weighted by Gasteiger charge is 2.10. The molecule has 1 aromatic carbocycles. The van der Waals surface area contributed by atoms with Gasteiger partial charge in [-0.15, -0.1) is 0 Å². The maximum Gasteiger partial charge on any atom is 0.257 e. The molecule has 0 bridgehead atoms. The van der Waals surface area contributed by atoms with Crippen molar-refractivity contribution < 1.29 is 8.78 Å². The Bertz CT molecular complexity index is 811. The van der Waals surface area contributed by atoms with Gasteiger partial charge in [0.2, 0.25) is 5.95 Å². The Morgan fingerprint density at radius 3 is 2.91 bits per heavy atom. The van der Waals surface area contributed by atoms with E-state index in [1.807, 2.05) is 29.7 Å². The van der Waals surface area contributed by atoms with Crippen LogP contribution in [-0.2, 0) is 19.6 Å². The van der Waals surface area contributed by atoms with E-state index in [-0.39, 0.29) is 0 Å². The molecular formula is C15H16ClF2N5. The maximum atomic E-state index is 12.3. The number of alkyl halides is 2. The lowest BCUT2D eigenvalue weighted by Gasteiger charge is -2.07. The number of imidazole rings is 1. The summed E-state index contributed by atoms with van der Waals surface area (Å²) in [7, 11) is 0. The minimum Gasteiger partial charge on any atom is -0.351 e. The number of aryl methyl sites for hydroxylation is 1. The van der Waals surface area contributed by atoms with Crippen molar-refractivity contribution in [3.63, 3.8) is 0 Å². The predicted molar refractivity (Wildman–Crippen MR) is 86.0 cm³/mol. The summed E-state index contributed by atoms with van der Waals surface area (Å²) in [6.45, 7) is 2.85. The molecule has 1 N–H and O–H groups in total. The Labute approximate surface area is 136 Å². The molecule has 0 radical (unpaired) electrons. The Kier molecular flexibility index (Phi) is 4.47. The third kappa shape index (κ3) is 3.44. The number of fused-ring (bicyclic) bond motifs is 1. The zero-order chi connectivity index (χ0) is 16.4. The van der Waals surface area contributed by atoms with E-state index in [1.54, 1.807) is 12.4 Å². The van der Waals surface area contributed by atoms with E-state index in [9.17, 15) is 8.78 Å². The molecule has 0 aliphatic rings. The summed E-state index contributed by atoms with van der Waals surface area (Å²) in [6, 6.07) is 5.57. The molecule has 0 saturated carbocycles. The number of nitrogens with zero attached hydrogens (tertiary/aromatic N) is 4.